The maximum atomic E-state index is 13.0. The lowest BCUT2D eigenvalue weighted by Gasteiger charge is -2.08. The van der Waals surface area contributed by atoms with Crippen molar-refractivity contribution in [1.82, 2.24) is 30.7 Å². The Balaban J connectivity index is 1.69. The summed E-state index contributed by atoms with van der Waals surface area (Å²) in [4.78, 5) is 13.0. The Morgan fingerprint density at radius 3 is 2.58 bits per heavy atom. The summed E-state index contributed by atoms with van der Waals surface area (Å²) in [6.07, 6.45) is 0.893. The fourth-order valence-corrected chi connectivity index (χ4v) is 3.04. The Kier molecular flexibility index (Phi) is 6.39. The van der Waals surface area contributed by atoms with E-state index in [0.29, 0.717) is 29.3 Å². The summed E-state index contributed by atoms with van der Waals surface area (Å²) >= 11 is 0. The number of amides is 1. The number of hydrogen-bond donors (Lipinski definition) is 2. The number of hydrogen-bond acceptors (Lipinski definition) is 9. The second-order valence-corrected chi connectivity index (χ2v) is 7.05. The van der Waals surface area contributed by atoms with Gasteiger partial charge in [-0.3, -0.25) is 4.79 Å². The standard InChI is InChI=1S/C22H22N8O3/c1-3-13-32-17-11-9-16(10-12-17)19-18(25-29-30(19)21-20(23)27-33-28-21)22(31)26-24-14(2)15-7-5-4-6-8-15/h4-12H,3,13H2,1-2H3,(H2,23,27)(H,26,31). The zero-order valence-electron chi connectivity index (χ0n) is 18.1. The summed E-state index contributed by atoms with van der Waals surface area (Å²) in [5.74, 6) is 0.282. The van der Waals surface area contributed by atoms with Gasteiger partial charge in [-0.05, 0) is 53.5 Å². The normalized spacial score (nSPS) is 11.4. The number of nitrogens with zero attached hydrogens (tertiary/aromatic N) is 6. The number of rotatable bonds is 8. The summed E-state index contributed by atoms with van der Waals surface area (Å²) in [6.45, 7) is 4.43. The van der Waals surface area contributed by atoms with Gasteiger partial charge < -0.3 is 10.5 Å². The highest BCUT2D eigenvalue weighted by Crippen LogP contribution is 2.28. The first kappa shape index (κ1) is 21.7. The van der Waals surface area contributed by atoms with Gasteiger partial charge in [-0.2, -0.15) is 9.78 Å². The highest BCUT2D eigenvalue weighted by molar-refractivity contribution is 6.02. The van der Waals surface area contributed by atoms with Gasteiger partial charge in [-0.25, -0.2) is 10.1 Å². The number of nitrogen functional groups attached to an aromatic ring is 1. The number of carbonyl (C=O) groups excluding carboxylic acids is 1. The average Bonchev–Trinajstić information content (AvgIpc) is 3.48. The van der Waals surface area contributed by atoms with E-state index in [1.54, 1.807) is 31.2 Å². The van der Waals surface area contributed by atoms with Gasteiger partial charge in [-0.1, -0.05) is 42.5 Å². The molecule has 2 heterocycles. The zero-order valence-corrected chi connectivity index (χ0v) is 18.1. The van der Waals surface area contributed by atoms with Crippen LogP contribution in [-0.2, 0) is 0 Å². The molecule has 0 aliphatic heterocycles. The van der Waals surface area contributed by atoms with E-state index in [0.717, 1.165) is 12.0 Å². The van der Waals surface area contributed by atoms with Crippen LogP contribution in [0.15, 0.2) is 64.3 Å². The maximum absolute atomic E-state index is 13.0. The van der Waals surface area contributed by atoms with Crippen molar-refractivity contribution in [2.75, 3.05) is 12.3 Å². The van der Waals surface area contributed by atoms with Gasteiger partial charge in [0.25, 0.3) is 5.91 Å². The molecule has 0 fully saturated rings. The number of ether oxygens (including phenoxy) is 1. The lowest BCUT2D eigenvalue weighted by molar-refractivity contribution is 0.0950. The van der Waals surface area contributed by atoms with Crippen LogP contribution < -0.4 is 15.9 Å². The van der Waals surface area contributed by atoms with Crippen LogP contribution in [0.3, 0.4) is 0 Å². The zero-order chi connectivity index (χ0) is 23.2. The van der Waals surface area contributed by atoms with Crippen molar-refractivity contribution < 1.29 is 14.2 Å². The number of aromatic nitrogens is 5. The minimum absolute atomic E-state index is 0.00829. The Morgan fingerprint density at radius 1 is 1.15 bits per heavy atom. The molecule has 4 rings (SSSR count). The molecule has 0 aliphatic rings. The average molecular weight is 446 g/mol. The minimum atomic E-state index is -0.548. The van der Waals surface area contributed by atoms with Crippen molar-refractivity contribution >= 4 is 17.4 Å². The topological polar surface area (TPSA) is 146 Å². The summed E-state index contributed by atoms with van der Waals surface area (Å²) in [6, 6.07) is 16.7. The van der Waals surface area contributed by atoms with Crippen LogP contribution in [0.25, 0.3) is 17.1 Å². The predicted molar refractivity (Wildman–Crippen MR) is 121 cm³/mol. The molecule has 1 amide bonds. The molecule has 2 aromatic heterocycles. The molecule has 3 N–H and O–H groups in total. The fourth-order valence-electron chi connectivity index (χ4n) is 3.04. The third-order valence-corrected chi connectivity index (χ3v) is 4.70. The molecule has 0 spiro atoms. The summed E-state index contributed by atoms with van der Waals surface area (Å²) in [5.41, 5.74) is 10.9. The van der Waals surface area contributed by atoms with Gasteiger partial charge >= 0.3 is 0 Å². The SMILES string of the molecule is CCCOc1ccc(-c2c(C(=O)NN=C(C)c3ccccc3)nnn2-c2nonc2N)cc1. The van der Waals surface area contributed by atoms with Crippen LogP contribution >= 0.6 is 0 Å². The van der Waals surface area contributed by atoms with Crippen molar-refractivity contribution in [3.05, 3.63) is 65.9 Å². The number of nitrogens with two attached hydrogens (primary N) is 1. The van der Waals surface area contributed by atoms with E-state index in [1.807, 2.05) is 37.3 Å². The highest BCUT2D eigenvalue weighted by Gasteiger charge is 2.25. The molecule has 33 heavy (non-hydrogen) atoms. The fraction of sp³-hybridized carbons (Fsp3) is 0.182. The second-order valence-electron chi connectivity index (χ2n) is 7.05. The molecule has 0 saturated heterocycles. The number of nitrogens with one attached hydrogen (secondary N) is 1. The summed E-state index contributed by atoms with van der Waals surface area (Å²) < 4.78 is 11.6. The smallest absolute Gasteiger partial charge is 0.294 e. The molecule has 11 nitrogen and oxygen atoms in total. The van der Waals surface area contributed by atoms with Crippen LogP contribution in [0.2, 0.25) is 0 Å². The van der Waals surface area contributed by atoms with Gasteiger partial charge in [-0.15, -0.1) is 5.10 Å². The number of carbonyl (C=O) groups is 1. The van der Waals surface area contributed by atoms with Crippen molar-refractivity contribution in [2.45, 2.75) is 20.3 Å². The van der Waals surface area contributed by atoms with Gasteiger partial charge in [0.2, 0.25) is 11.6 Å². The first-order chi connectivity index (χ1) is 16.1. The van der Waals surface area contributed by atoms with Crippen LogP contribution in [0.1, 0.15) is 36.3 Å². The molecular weight excluding hydrogens is 424 g/mol. The van der Waals surface area contributed by atoms with Crippen LogP contribution in [0.4, 0.5) is 5.82 Å². The Morgan fingerprint density at radius 2 is 1.91 bits per heavy atom. The second kappa shape index (κ2) is 9.73. The molecule has 0 atom stereocenters. The first-order valence-electron chi connectivity index (χ1n) is 10.3. The van der Waals surface area contributed by atoms with Gasteiger partial charge in [0, 0.05) is 5.56 Å². The maximum Gasteiger partial charge on any atom is 0.294 e. The largest absolute Gasteiger partial charge is 0.494 e. The Labute approximate surface area is 189 Å². The number of benzene rings is 2. The van der Waals surface area contributed by atoms with Crippen LogP contribution in [-0.4, -0.2) is 43.5 Å². The molecular formula is C22H22N8O3. The van der Waals surface area contributed by atoms with E-state index in [-0.39, 0.29) is 17.3 Å². The minimum Gasteiger partial charge on any atom is -0.494 e. The monoisotopic (exact) mass is 446 g/mol. The molecule has 0 bridgehead atoms. The van der Waals surface area contributed by atoms with Crippen molar-refractivity contribution in [2.24, 2.45) is 5.10 Å². The lowest BCUT2D eigenvalue weighted by Crippen LogP contribution is -2.21. The molecule has 4 aromatic rings. The third-order valence-electron chi connectivity index (χ3n) is 4.70. The first-order valence-corrected chi connectivity index (χ1v) is 10.3. The molecule has 0 aliphatic carbocycles. The van der Waals surface area contributed by atoms with E-state index in [9.17, 15) is 4.79 Å². The van der Waals surface area contributed by atoms with E-state index < -0.39 is 5.91 Å². The van der Waals surface area contributed by atoms with Gasteiger partial charge in [0.05, 0.1) is 12.3 Å². The summed E-state index contributed by atoms with van der Waals surface area (Å²) in [5, 5.41) is 19.7. The molecule has 11 heteroatoms. The Bertz CT molecular complexity index is 1260. The van der Waals surface area contributed by atoms with Crippen molar-refractivity contribution in [3.63, 3.8) is 0 Å². The van der Waals surface area contributed by atoms with E-state index in [4.69, 9.17) is 15.1 Å². The molecule has 168 valence electrons. The predicted octanol–water partition coefficient (Wildman–Crippen LogP) is 2.84. The lowest BCUT2D eigenvalue weighted by atomic mass is 10.1. The highest BCUT2D eigenvalue weighted by atomic mass is 16.6. The molecule has 2 aromatic carbocycles. The quantitative estimate of drug-likeness (QED) is 0.310. The van der Waals surface area contributed by atoms with Crippen molar-refractivity contribution in [1.29, 1.82) is 0 Å². The number of anilines is 1. The van der Waals surface area contributed by atoms with Gasteiger partial charge in [0.1, 0.15) is 11.4 Å². The van der Waals surface area contributed by atoms with Crippen LogP contribution in [0, 0.1) is 0 Å². The molecule has 0 saturated carbocycles. The summed E-state index contributed by atoms with van der Waals surface area (Å²) in [7, 11) is 0. The van der Waals surface area contributed by atoms with E-state index >= 15 is 0 Å². The molecule has 0 unspecified atom stereocenters. The third kappa shape index (κ3) is 4.71. The van der Waals surface area contributed by atoms with E-state index in [2.05, 4.69) is 31.2 Å². The Hall–Kier alpha value is -4.54. The van der Waals surface area contributed by atoms with Gasteiger partial charge in [0.15, 0.2) is 5.69 Å². The van der Waals surface area contributed by atoms with Crippen LogP contribution in [0.5, 0.6) is 5.75 Å². The number of hydrazone groups is 1. The van der Waals surface area contributed by atoms with Crippen molar-refractivity contribution in [3.8, 4) is 22.8 Å². The van der Waals surface area contributed by atoms with E-state index in [1.165, 1.54) is 4.68 Å². The molecule has 0 radical (unpaired) electrons.